The fourth-order valence-electron chi connectivity index (χ4n) is 2.59. The van der Waals surface area contributed by atoms with Crippen molar-refractivity contribution in [3.63, 3.8) is 0 Å². The molecule has 0 spiro atoms. The minimum absolute atomic E-state index is 0.0391. The molecule has 2 heterocycles. The summed E-state index contributed by atoms with van der Waals surface area (Å²) in [6, 6.07) is 7.88. The van der Waals surface area contributed by atoms with Crippen LogP contribution in [0.3, 0.4) is 0 Å². The van der Waals surface area contributed by atoms with E-state index in [1.54, 1.807) is 0 Å². The molecule has 0 radical (unpaired) electrons. The number of nitrogens with two attached hydrogens (primary N) is 1. The van der Waals surface area contributed by atoms with Crippen molar-refractivity contribution in [2.75, 3.05) is 11.5 Å². The zero-order valence-electron chi connectivity index (χ0n) is 11.3. The van der Waals surface area contributed by atoms with Crippen molar-refractivity contribution in [1.29, 1.82) is 0 Å². The Bertz CT molecular complexity index is 604. The van der Waals surface area contributed by atoms with Crippen molar-refractivity contribution in [2.45, 2.75) is 24.9 Å². The largest absolute Gasteiger partial charge is 0.361 e. The summed E-state index contributed by atoms with van der Waals surface area (Å²) in [6.07, 6.45) is 3.56. The number of aromatic nitrogens is 1. The first-order valence-corrected chi connectivity index (χ1v) is 8.08. The Hall–Kier alpha value is -1.46. The lowest BCUT2D eigenvalue weighted by Gasteiger charge is -2.16. The van der Waals surface area contributed by atoms with Crippen molar-refractivity contribution in [3.05, 3.63) is 36.0 Å². The molecule has 1 fully saturated rings. The van der Waals surface area contributed by atoms with E-state index in [1.807, 2.05) is 36.2 Å². The Labute approximate surface area is 122 Å². The first kappa shape index (κ1) is 13.5. The lowest BCUT2D eigenvalue weighted by Crippen LogP contribution is -2.46. The predicted octanol–water partition coefficient (Wildman–Crippen LogP) is 1.66. The molecular formula is C15H19N3OS. The second-order valence-corrected chi connectivity index (χ2v) is 6.39. The molecule has 3 rings (SSSR count). The Morgan fingerprint density at radius 2 is 2.35 bits per heavy atom. The minimum Gasteiger partial charge on any atom is -0.361 e. The number of rotatable bonds is 4. The Morgan fingerprint density at radius 3 is 3.15 bits per heavy atom. The van der Waals surface area contributed by atoms with Gasteiger partial charge in [-0.3, -0.25) is 4.79 Å². The van der Waals surface area contributed by atoms with E-state index in [0.29, 0.717) is 12.5 Å². The van der Waals surface area contributed by atoms with Gasteiger partial charge < -0.3 is 16.0 Å². The third-order valence-corrected chi connectivity index (χ3v) is 4.89. The van der Waals surface area contributed by atoms with Crippen molar-refractivity contribution in [1.82, 2.24) is 10.3 Å². The van der Waals surface area contributed by atoms with Crippen LogP contribution < -0.4 is 11.1 Å². The molecule has 0 saturated carbocycles. The summed E-state index contributed by atoms with van der Waals surface area (Å²) in [5.41, 5.74) is 8.23. The van der Waals surface area contributed by atoms with Crippen molar-refractivity contribution in [2.24, 2.45) is 5.73 Å². The van der Waals surface area contributed by atoms with E-state index in [0.717, 1.165) is 34.4 Å². The van der Waals surface area contributed by atoms with Crippen LogP contribution >= 0.6 is 11.8 Å². The number of carbonyl (C=O) groups is 1. The molecule has 1 amide bonds. The van der Waals surface area contributed by atoms with Gasteiger partial charge in [0, 0.05) is 28.9 Å². The molecular weight excluding hydrogens is 270 g/mol. The van der Waals surface area contributed by atoms with E-state index in [9.17, 15) is 4.79 Å². The predicted molar refractivity (Wildman–Crippen MR) is 83.9 cm³/mol. The molecule has 1 aromatic heterocycles. The van der Waals surface area contributed by atoms with Gasteiger partial charge in [-0.15, -0.1) is 0 Å². The molecule has 20 heavy (non-hydrogen) atoms. The van der Waals surface area contributed by atoms with Gasteiger partial charge in [-0.2, -0.15) is 11.8 Å². The Morgan fingerprint density at radius 1 is 1.50 bits per heavy atom. The van der Waals surface area contributed by atoms with Crippen molar-refractivity contribution < 1.29 is 4.79 Å². The highest BCUT2D eigenvalue weighted by Gasteiger charge is 2.22. The van der Waals surface area contributed by atoms with Gasteiger partial charge >= 0.3 is 0 Å². The fraction of sp³-hybridized carbons (Fsp3) is 0.400. The van der Waals surface area contributed by atoms with E-state index < -0.39 is 6.04 Å². The molecule has 0 bridgehead atoms. The van der Waals surface area contributed by atoms with E-state index in [-0.39, 0.29) is 5.91 Å². The first-order valence-electron chi connectivity index (χ1n) is 6.93. The maximum atomic E-state index is 12.1. The molecule has 2 aromatic rings. The first-order chi connectivity index (χ1) is 9.74. The third-order valence-electron chi connectivity index (χ3n) is 3.73. The molecule has 2 atom stereocenters. The number of H-pyrrole nitrogens is 1. The molecule has 1 aliphatic rings. The highest BCUT2D eigenvalue weighted by Crippen LogP contribution is 2.19. The van der Waals surface area contributed by atoms with Gasteiger partial charge in [0.05, 0.1) is 6.04 Å². The number of carbonyl (C=O) groups excluding carboxylic acids is 1. The zero-order chi connectivity index (χ0) is 13.9. The lowest BCUT2D eigenvalue weighted by atomic mass is 10.0. The van der Waals surface area contributed by atoms with Crippen molar-refractivity contribution >= 4 is 28.6 Å². The highest BCUT2D eigenvalue weighted by atomic mass is 32.2. The van der Waals surface area contributed by atoms with Crippen LogP contribution in [0.2, 0.25) is 0 Å². The van der Waals surface area contributed by atoms with E-state index >= 15 is 0 Å². The third kappa shape index (κ3) is 2.83. The average molecular weight is 289 g/mol. The molecule has 1 aromatic carbocycles. The van der Waals surface area contributed by atoms with Crippen LogP contribution in [0.4, 0.5) is 0 Å². The number of aromatic amines is 1. The van der Waals surface area contributed by atoms with Crippen LogP contribution in [-0.4, -0.2) is 34.5 Å². The van der Waals surface area contributed by atoms with Gasteiger partial charge in [-0.1, -0.05) is 18.2 Å². The maximum Gasteiger partial charge on any atom is 0.237 e. The average Bonchev–Trinajstić information content (AvgIpc) is 3.09. The number of thioether (sulfide) groups is 1. The standard InChI is InChI=1S/C15H19N3OS/c16-13(15(19)18-11-5-6-20-9-11)7-10-8-17-14-4-2-1-3-12(10)14/h1-4,8,11,13,17H,5-7,9,16H2,(H,18,19)/t11?,13-/m1/s1. The summed E-state index contributed by atoms with van der Waals surface area (Å²) in [5, 5.41) is 4.19. The number of amides is 1. The van der Waals surface area contributed by atoms with Gasteiger partial charge in [0.1, 0.15) is 0 Å². The fourth-order valence-corrected chi connectivity index (χ4v) is 3.74. The number of benzene rings is 1. The topological polar surface area (TPSA) is 70.9 Å². The van der Waals surface area contributed by atoms with Crippen LogP contribution in [0, 0.1) is 0 Å². The number of para-hydroxylation sites is 1. The molecule has 0 aliphatic carbocycles. The number of fused-ring (bicyclic) bond motifs is 1. The molecule has 1 aliphatic heterocycles. The smallest absolute Gasteiger partial charge is 0.237 e. The van der Waals surface area contributed by atoms with Crippen molar-refractivity contribution in [3.8, 4) is 0 Å². The van der Waals surface area contributed by atoms with Gasteiger partial charge in [0.15, 0.2) is 0 Å². The second-order valence-electron chi connectivity index (χ2n) is 5.24. The molecule has 1 unspecified atom stereocenters. The normalized spacial score (nSPS) is 20.1. The minimum atomic E-state index is -0.486. The molecule has 5 heteroatoms. The maximum absolute atomic E-state index is 12.1. The van der Waals surface area contributed by atoms with Gasteiger partial charge in [0.2, 0.25) is 5.91 Å². The molecule has 1 saturated heterocycles. The van der Waals surface area contributed by atoms with Gasteiger partial charge in [-0.05, 0) is 30.2 Å². The van der Waals surface area contributed by atoms with E-state index in [2.05, 4.69) is 16.4 Å². The highest BCUT2D eigenvalue weighted by molar-refractivity contribution is 7.99. The summed E-state index contributed by atoms with van der Waals surface area (Å²) in [4.78, 5) is 15.3. The summed E-state index contributed by atoms with van der Waals surface area (Å²) in [5.74, 6) is 2.09. The number of hydrogen-bond acceptors (Lipinski definition) is 3. The molecule has 106 valence electrons. The van der Waals surface area contributed by atoms with Gasteiger partial charge in [-0.25, -0.2) is 0 Å². The monoisotopic (exact) mass is 289 g/mol. The van der Waals surface area contributed by atoms with Crippen LogP contribution in [0.25, 0.3) is 10.9 Å². The SMILES string of the molecule is N[C@H](Cc1c[nH]c2ccccc12)C(=O)NC1CCSC1. The Balaban J connectivity index is 1.65. The zero-order valence-corrected chi connectivity index (χ0v) is 12.1. The number of hydrogen-bond donors (Lipinski definition) is 3. The van der Waals surface area contributed by atoms with Gasteiger partial charge in [0.25, 0.3) is 0 Å². The summed E-state index contributed by atoms with van der Waals surface area (Å²) in [7, 11) is 0. The molecule has 4 N–H and O–H groups in total. The molecule has 4 nitrogen and oxygen atoms in total. The van der Waals surface area contributed by atoms with E-state index in [4.69, 9.17) is 5.73 Å². The number of nitrogens with one attached hydrogen (secondary N) is 2. The Kier molecular flexibility index (Phi) is 3.98. The quantitative estimate of drug-likeness (QED) is 0.801. The van der Waals surface area contributed by atoms with Crippen LogP contribution in [0.5, 0.6) is 0 Å². The van der Waals surface area contributed by atoms with Crippen LogP contribution in [-0.2, 0) is 11.2 Å². The summed E-state index contributed by atoms with van der Waals surface area (Å²) in [6.45, 7) is 0. The summed E-state index contributed by atoms with van der Waals surface area (Å²) >= 11 is 1.88. The van der Waals surface area contributed by atoms with Crippen LogP contribution in [0.15, 0.2) is 30.5 Å². The second kappa shape index (κ2) is 5.89. The lowest BCUT2D eigenvalue weighted by molar-refractivity contribution is -0.122. The van der Waals surface area contributed by atoms with Crippen LogP contribution in [0.1, 0.15) is 12.0 Å². The summed E-state index contributed by atoms with van der Waals surface area (Å²) < 4.78 is 0. The van der Waals surface area contributed by atoms with E-state index in [1.165, 1.54) is 0 Å².